The van der Waals surface area contributed by atoms with Gasteiger partial charge in [-0.25, -0.2) is 0 Å². The summed E-state index contributed by atoms with van der Waals surface area (Å²) in [7, 11) is 0. The number of benzene rings is 1. The normalized spacial score (nSPS) is 10.7. The maximum absolute atomic E-state index is 11.8. The summed E-state index contributed by atoms with van der Waals surface area (Å²) in [6, 6.07) is 11.5. The average Bonchev–Trinajstić information content (AvgIpc) is 2.99. The number of H-pyrrole nitrogens is 1. The Hall–Kier alpha value is -3.13. The van der Waals surface area contributed by atoms with Crippen molar-refractivity contribution in [3.05, 3.63) is 60.3 Å². The Bertz CT molecular complexity index is 707. The second kappa shape index (κ2) is 6.87. The fraction of sp³-hybridized carbons (Fsp3) is 0.0625. The van der Waals surface area contributed by atoms with Gasteiger partial charge in [-0.2, -0.15) is 10.4 Å². The van der Waals surface area contributed by atoms with Crippen molar-refractivity contribution in [2.24, 2.45) is 0 Å². The van der Waals surface area contributed by atoms with Crippen LogP contribution in [0, 0.1) is 11.3 Å². The SMILES string of the molecule is C=CCNC(=O)/C(C#N)=C\c1cn[nH]c1-c1ccccc1. The first-order valence-corrected chi connectivity index (χ1v) is 6.36. The quantitative estimate of drug-likeness (QED) is 0.500. The highest BCUT2D eigenvalue weighted by molar-refractivity contribution is 6.02. The molecule has 21 heavy (non-hydrogen) atoms. The Morgan fingerprint density at radius 3 is 2.86 bits per heavy atom. The van der Waals surface area contributed by atoms with Crippen LogP contribution in [0.1, 0.15) is 5.56 Å². The molecule has 0 atom stereocenters. The zero-order valence-corrected chi connectivity index (χ0v) is 11.3. The highest BCUT2D eigenvalue weighted by Gasteiger charge is 2.11. The van der Waals surface area contributed by atoms with E-state index in [1.807, 2.05) is 36.4 Å². The minimum absolute atomic E-state index is 0.0235. The van der Waals surface area contributed by atoms with E-state index >= 15 is 0 Å². The fourth-order valence-electron chi connectivity index (χ4n) is 1.81. The second-order valence-electron chi connectivity index (χ2n) is 4.23. The van der Waals surface area contributed by atoms with Crippen LogP contribution in [0.2, 0.25) is 0 Å². The molecule has 0 bridgehead atoms. The van der Waals surface area contributed by atoms with Gasteiger partial charge < -0.3 is 5.32 Å². The van der Waals surface area contributed by atoms with Gasteiger partial charge in [0, 0.05) is 17.7 Å². The first kappa shape index (κ1) is 14.3. The maximum Gasteiger partial charge on any atom is 0.262 e. The van der Waals surface area contributed by atoms with Gasteiger partial charge in [0.15, 0.2) is 0 Å². The number of carbonyl (C=O) groups is 1. The molecule has 0 fully saturated rings. The summed E-state index contributed by atoms with van der Waals surface area (Å²) < 4.78 is 0. The van der Waals surface area contributed by atoms with Gasteiger partial charge in [0.2, 0.25) is 0 Å². The van der Waals surface area contributed by atoms with Crippen LogP contribution < -0.4 is 5.32 Å². The van der Waals surface area contributed by atoms with Crippen molar-refractivity contribution >= 4 is 12.0 Å². The van der Waals surface area contributed by atoms with E-state index in [0.29, 0.717) is 12.1 Å². The van der Waals surface area contributed by atoms with Crippen LogP contribution in [0.15, 0.2) is 54.8 Å². The van der Waals surface area contributed by atoms with Crippen molar-refractivity contribution < 1.29 is 4.79 Å². The van der Waals surface area contributed by atoms with Gasteiger partial charge in [0.1, 0.15) is 11.6 Å². The molecule has 0 saturated carbocycles. The predicted octanol–water partition coefficient (Wildman–Crippen LogP) is 2.29. The van der Waals surface area contributed by atoms with E-state index in [9.17, 15) is 4.79 Å². The molecule has 1 heterocycles. The molecule has 1 aromatic heterocycles. The van der Waals surface area contributed by atoms with Crippen LogP contribution in [0.3, 0.4) is 0 Å². The van der Waals surface area contributed by atoms with E-state index < -0.39 is 5.91 Å². The first-order chi connectivity index (χ1) is 10.3. The highest BCUT2D eigenvalue weighted by atomic mass is 16.1. The smallest absolute Gasteiger partial charge is 0.262 e. The van der Waals surface area contributed by atoms with Gasteiger partial charge in [-0.1, -0.05) is 36.4 Å². The summed E-state index contributed by atoms with van der Waals surface area (Å²) >= 11 is 0. The highest BCUT2D eigenvalue weighted by Crippen LogP contribution is 2.22. The minimum Gasteiger partial charge on any atom is -0.348 e. The Kier molecular flexibility index (Phi) is 4.67. The zero-order chi connectivity index (χ0) is 15.1. The molecular formula is C16H14N4O. The molecule has 0 saturated heterocycles. The Balaban J connectivity index is 2.33. The molecule has 2 N–H and O–H groups in total. The Morgan fingerprint density at radius 1 is 1.43 bits per heavy atom. The van der Waals surface area contributed by atoms with Crippen LogP contribution >= 0.6 is 0 Å². The number of hydrogen-bond donors (Lipinski definition) is 2. The van der Waals surface area contributed by atoms with Gasteiger partial charge in [-0.15, -0.1) is 6.58 Å². The number of rotatable bonds is 5. The van der Waals surface area contributed by atoms with E-state index in [4.69, 9.17) is 5.26 Å². The van der Waals surface area contributed by atoms with E-state index in [2.05, 4.69) is 22.1 Å². The molecule has 104 valence electrons. The van der Waals surface area contributed by atoms with Crippen LogP contribution in [-0.2, 0) is 4.79 Å². The van der Waals surface area contributed by atoms with Crippen molar-refractivity contribution in [1.82, 2.24) is 15.5 Å². The summed E-state index contributed by atoms with van der Waals surface area (Å²) in [5.41, 5.74) is 2.41. The van der Waals surface area contributed by atoms with Crippen molar-refractivity contribution in [3.63, 3.8) is 0 Å². The maximum atomic E-state index is 11.8. The molecule has 0 aliphatic heterocycles. The Labute approximate surface area is 122 Å². The second-order valence-corrected chi connectivity index (χ2v) is 4.23. The summed E-state index contributed by atoms with van der Waals surface area (Å²) in [6.07, 6.45) is 4.66. The van der Waals surface area contributed by atoms with Crippen molar-refractivity contribution in [2.75, 3.05) is 6.54 Å². The molecule has 5 heteroatoms. The molecule has 0 aliphatic carbocycles. The number of aromatic amines is 1. The summed E-state index contributed by atoms with van der Waals surface area (Å²) in [4.78, 5) is 11.8. The average molecular weight is 278 g/mol. The monoisotopic (exact) mass is 278 g/mol. The lowest BCUT2D eigenvalue weighted by Gasteiger charge is -2.02. The summed E-state index contributed by atoms with van der Waals surface area (Å²) in [5, 5.41) is 18.6. The van der Waals surface area contributed by atoms with Gasteiger partial charge in [-0.05, 0) is 6.08 Å². The van der Waals surface area contributed by atoms with Crippen molar-refractivity contribution in [3.8, 4) is 17.3 Å². The molecule has 5 nitrogen and oxygen atoms in total. The van der Waals surface area contributed by atoms with Gasteiger partial charge in [-0.3, -0.25) is 9.89 Å². The molecule has 1 amide bonds. The molecular weight excluding hydrogens is 264 g/mol. The fourth-order valence-corrected chi connectivity index (χ4v) is 1.81. The van der Waals surface area contributed by atoms with E-state index in [1.54, 1.807) is 12.3 Å². The molecule has 1 aromatic carbocycles. The molecule has 0 spiro atoms. The van der Waals surface area contributed by atoms with Crippen LogP contribution in [0.25, 0.3) is 17.3 Å². The number of amides is 1. The first-order valence-electron chi connectivity index (χ1n) is 6.36. The molecule has 0 radical (unpaired) electrons. The predicted molar refractivity (Wildman–Crippen MR) is 80.8 cm³/mol. The lowest BCUT2D eigenvalue weighted by atomic mass is 10.1. The molecule has 0 unspecified atom stereocenters. The lowest BCUT2D eigenvalue weighted by molar-refractivity contribution is -0.116. The third kappa shape index (κ3) is 3.45. The largest absolute Gasteiger partial charge is 0.348 e. The summed E-state index contributed by atoms with van der Waals surface area (Å²) in [5.74, 6) is -0.433. The topological polar surface area (TPSA) is 81.6 Å². The number of aromatic nitrogens is 2. The number of nitrogens with one attached hydrogen (secondary N) is 2. The Morgan fingerprint density at radius 2 is 2.19 bits per heavy atom. The lowest BCUT2D eigenvalue weighted by Crippen LogP contribution is -2.24. The van der Waals surface area contributed by atoms with E-state index in [0.717, 1.165) is 11.3 Å². The van der Waals surface area contributed by atoms with Crippen LogP contribution in [0.4, 0.5) is 0 Å². The standard InChI is InChI=1S/C16H14N4O/c1-2-8-18-16(21)13(10-17)9-14-11-19-20-15(14)12-6-4-3-5-7-12/h2-7,9,11H,1,8H2,(H,18,21)(H,19,20)/b13-9-. The minimum atomic E-state index is -0.433. The molecule has 2 rings (SSSR count). The van der Waals surface area contributed by atoms with E-state index in [-0.39, 0.29) is 5.57 Å². The molecule has 0 aliphatic rings. The number of carbonyl (C=O) groups excluding carboxylic acids is 1. The number of nitrogens with zero attached hydrogens (tertiary/aromatic N) is 2. The number of hydrogen-bond acceptors (Lipinski definition) is 3. The third-order valence-electron chi connectivity index (χ3n) is 2.80. The third-order valence-corrected chi connectivity index (χ3v) is 2.80. The van der Waals surface area contributed by atoms with Gasteiger partial charge in [0.25, 0.3) is 5.91 Å². The van der Waals surface area contributed by atoms with Gasteiger partial charge in [0.05, 0.1) is 11.9 Å². The van der Waals surface area contributed by atoms with Crippen LogP contribution in [0.5, 0.6) is 0 Å². The van der Waals surface area contributed by atoms with E-state index in [1.165, 1.54) is 6.08 Å². The number of nitriles is 1. The van der Waals surface area contributed by atoms with Gasteiger partial charge >= 0.3 is 0 Å². The van der Waals surface area contributed by atoms with Crippen molar-refractivity contribution in [2.45, 2.75) is 0 Å². The summed E-state index contributed by atoms with van der Waals surface area (Å²) in [6.45, 7) is 3.83. The van der Waals surface area contributed by atoms with Crippen LogP contribution in [-0.4, -0.2) is 22.6 Å². The zero-order valence-electron chi connectivity index (χ0n) is 11.3. The molecule has 2 aromatic rings. The van der Waals surface area contributed by atoms with Crippen molar-refractivity contribution in [1.29, 1.82) is 5.26 Å².